The van der Waals surface area contributed by atoms with Crippen molar-refractivity contribution in [2.75, 3.05) is 0 Å². The molecule has 6 N–H and O–H groups in total. The summed E-state index contributed by atoms with van der Waals surface area (Å²) >= 11 is 6.14. The molecule has 158 valence electrons. The number of pyridine rings is 1. The van der Waals surface area contributed by atoms with E-state index in [1.165, 1.54) is 24.4 Å². The number of aliphatic carboxylic acids is 1. The van der Waals surface area contributed by atoms with Gasteiger partial charge in [-0.05, 0) is 25.0 Å². The molecule has 1 saturated carbocycles. The molecule has 1 aromatic carbocycles. The van der Waals surface area contributed by atoms with Crippen LogP contribution in [0, 0.1) is 0 Å². The lowest BCUT2D eigenvalue weighted by Gasteiger charge is -2.33. The van der Waals surface area contributed by atoms with E-state index in [4.69, 9.17) is 23.1 Å². The Bertz CT molecular complexity index is 1060. The van der Waals surface area contributed by atoms with E-state index in [1.54, 1.807) is 0 Å². The number of guanidine groups is 1. The zero-order valence-corrected chi connectivity index (χ0v) is 17.6. The normalized spacial score (nSPS) is 16.0. The lowest BCUT2D eigenvalue weighted by Crippen LogP contribution is -2.55. The Balaban J connectivity index is 0.00000300. The van der Waals surface area contributed by atoms with Gasteiger partial charge in [-0.25, -0.2) is 13.4 Å². The van der Waals surface area contributed by atoms with Crippen molar-refractivity contribution < 1.29 is 18.3 Å². The fraction of sp³-hybridized carbons (Fsp3) is 0.353. The summed E-state index contributed by atoms with van der Waals surface area (Å²) in [5.41, 5.74) is 9.31. The molecule has 1 aromatic heterocycles. The van der Waals surface area contributed by atoms with Gasteiger partial charge >= 0.3 is 5.97 Å². The fourth-order valence-corrected chi connectivity index (χ4v) is 5.04. The molecule has 0 bridgehead atoms. The number of halogens is 2. The van der Waals surface area contributed by atoms with Crippen LogP contribution < -0.4 is 16.2 Å². The predicted octanol–water partition coefficient (Wildman–Crippen LogP) is 2.28. The van der Waals surface area contributed by atoms with Gasteiger partial charge in [0, 0.05) is 17.0 Å². The summed E-state index contributed by atoms with van der Waals surface area (Å²) in [4.78, 5) is 19.6. The Morgan fingerprint density at radius 1 is 1.21 bits per heavy atom. The number of fused-ring (bicyclic) bond motifs is 1. The van der Waals surface area contributed by atoms with E-state index in [9.17, 15) is 18.3 Å². The molecule has 2 aromatic rings. The number of benzene rings is 1. The maximum atomic E-state index is 13.0. The van der Waals surface area contributed by atoms with Crippen molar-refractivity contribution in [2.45, 2.75) is 42.5 Å². The largest absolute Gasteiger partial charge is 0.480 e. The molecule has 0 unspecified atom stereocenters. The first kappa shape index (κ1) is 23.1. The summed E-state index contributed by atoms with van der Waals surface area (Å²) < 4.78 is 28.3. The third kappa shape index (κ3) is 4.72. The van der Waals surface area contributed by atoms with E-state index in [0.29, 0.717) is 28.6 Å². The molecule has 1 heterocycles. The molecule has 0 atom stereocenters. The smallest absolute Gasteiger partial charge is 0.324 e. The van der Waals surface area contributed by atoms with Crippen LogP contribution in [0.5, 0.6) is 0 Å². The predicted molar refractivity (Wildman–Crippen MR) is 113 cm³/mol. The van der Waals surface area contributed by atoms with Crippen molar-refractivity contribution in [2.24, 2.45) is 16.5 Å². The van der Waals surface area contributed by atoms with E-state index in [1.807, 2.05) is 0 Å². The maximum absolute atomic E-state index is 13.0. The summed E-state index contributed by atoms with van der Waals surface area (Å²) in [7, 11) is -4.13. The minimum Gasteiger partial charge on any atom is -0.480 e. The first-order chi connectivity index (χ1) is 13.1. The number of hydrogen-bond acceptors (Lipinski definition) is 5. The summed E-state index contributed by atoms with van der Waals surface area (Å²) in [6.45, 7) is 0. The third-order valence-electron chi connectivity index (χ3n) is 4.78. The summed E-state index contributed by atoms with van der Waals surface area (Å²) in [5, 5.41) is 10.8. The topological polar surface area (TPSA) is 161 Å². The molecule has 0 aliphatic heterocycles. The monoisotopic (exact) mass is 461 g/mol. The standard InChI is InChI=1S/C17H20ClN5O4S.ClH/c18-13-9-21-14(22-16(19)20)12-8-10(4-5-11(12)13)28(26,27)23-17(15(24)25)6-2-1-3-7-17;/h4-5,8-9,23H,1-3,6-7H2,(H,24,25)(H4,19,20,21,22);1H. The average Bonchev–Trinajstić information content (AvgIpc) is 2.64. The van der Waals surface area contributed by atoms with Gasteiger partial charge in [0.2, 0.25) is 10.0 Å². The Kier molecular flexibility index (Phi) is 6.94. The van der Waals surface area contributed by atoms with E-state index in [0.717, 1.165) is 6.42 Å². The van der Waals surface area contributed by atoms with Crippen LogP contribution in [0.1, 0.15) is 32.1 Å². The van der Waals surface area contributed by atoms with Gasteiger partial charge in [-0.3, -0.25) is 4.79 Å². The van der Waals surface area contributed by atoms with Gasteiger partial charge in [0.15, 0.2) is 11.8 Å². The van der Waals surface area contributed by atoms with E-state index >= 15 is 0 Å². The van der Waals surface area contributed by atoms with Crippen LogP contribution in [-0.2, 0) is 14.8 Å². The van der Waals surface area contributed by atoms with E-state index < -0.39 is 21.5 Å². The van der Waals surface area contributed by atoms with Crippen molar-refractivity contribution in [3.63, 3.8) is 0 Å². The quantitative estimate of drug-likeness (QED) is 0.392. The van der Waals surface area contributed by atoms with E-state index in [2.05, 4.69) is 14.7 Å². The number of carbonyl (C=O) groups is 1. The van der Waals surface area contributed by atoms with Crippen molar-refractivity contribution >= 4 is 62.6 Å². The lowest BCUT2D eigenvalue weighted by atomic mass is 9.83. The highest BCUT2D eigenvalue weighted by Gasteiger charge is 2.43. The minimum atomic E-state index is -4.13. The number of aromatic nitrogens is 1. The average molecular weight is 462 g/mol. The van der Waals surface area contributed by atoms with Gasteiger partial charge in [-0.1, -0.05) is 36.9 Å². The first-order valence-electron chi connectivity index (χ1n) is 8.60. The summed E-state index contributed by atoms with van der Waals surface area (Å²) in [6.07, 6.45) is 3.99. The number of sulfonamides is 1. The van der Waals surface area contributed by atoms with Gasteiger partial charge in [-0.15, -0.1) is 12.4 Å². The number of carboxylic acid groups (broad SMARTS) is 1. The highest BCUT2D eigenvalue weighted by Crippen LogP contribution is 2.33. The molecule has 1 fully saturated rings. The zero-order chi connectivity index (χ0) is 20.5. The molecular formula is C17H21Cl2N5O4S. The van der Waals surface area contributed by atoms with Crippen LogP contribution in [0.15, 0.2) is 34.3 Å². The van der Waals surface area contributed by atoms with Crippen molar-refractivity contribution in [1.29, 1.82) is 0 Å². The fourth-order valence-electron chi connectivity index (χ4n) is 3.38. The second-order valence-electron chi connectivity index (χ2n) is 6.73. The van der Waals surface area contributed by atoms with Gasteiger partial charge in [0.25, 0.3) is 0 Å². The third-order valence-corrected chi connectivity index (χ3v) is 6.62. The Labute approximate surface area is 179 Å². The van der Waals surface area contributed by atoms with E-state index in [-0.39, 0.29) is 41.9 Å². The number of nitrogens with one attached hydrogen (secondary N) is 1. The molecule has 12 heteroatoms. The number of nitrogens with two attached hydrogens (primary N) is 2. The highest BCUT2D eigenvalue weighted by molar-refractivity contribution is 7.89. The van der Waals surface area contributed by atoms with Crippen molar-refractivity contribution in [3.05, 3.63) is 29.4 Å². The highest BCUT2D eigenvalue weighted by atomic mass is 35.5. The number of hydrogen-bond donors (Lipinski definition) is 4. The molecule has 0 amide bonds. The zero-order valence-electron chi connectivity index (χ0n) is 15.3. The SMILES string of the molecule is Cl.NC(N)=Nc1ncc(Cl)c2ccc(S(=O)(=O)NC3(C(=O)O)CCCCC3)cc12. The molecule has 1 aliphatic carbocycles. The van der Waals surface area contributed by atoms with Crippen LogP contribution in [-0.4, -0.2) is 36.0 Å². The van der Waals surface area contributed by atoms with Crippen LogP contribution in [0.3, 0.4) is 0 Å². The number of nitrogens with zero attached hydrogens (tertiary/aromatic N) is 2. The Hall–Kier alpha value is -2.14. The van der Waals surface area contributed by atoms with Crippen molar-refractivity contribution in [3.8, 4) is 0 Å². The van der Waals surface area contributed by atoms with Crippen LogP contribution >= 0.6 is 24.0 Å². The van der Waals surface area contributed by atoms with Gasteiger partial charge in [0.05, 0.1) is 9.92 Å². The molecule has 29 heavy (non-hydrogen) atoms. The molecule has 9 nitrogen and oxygen atoms in total. The molecular weight excluding hydrogens is 441 g/mol. The minimum absolute atomic E-state index is 0. The molecule has 0 spiro atoms. The Morgan fingerprint density at radius 3 is 2.45 bits per heavy atom. The van der Waals surface area contributed by atoms with Gasteiger partial charge < -0.3 is 16.6 Å². The van der Waals surface area contributed by atoms with Crippen LogP contribution in [0.25, 0.3) is 10.8 Å². The number of carboxylic acids is 1. The number of aliphatic imine (C=N–C) groups is 1. The maximum Gasteiger partial charge on any atom is 0.324 e. The summed E-state index contributed by atoms with van der Waals surface area (Å²) in [6, 6.07) is 4.19. The lowest BCUT2D eigenvalue weighted by molar-refractivity contribution is -0.145. The summed E-state index contributed by atoms with van der Waals surface area (Å²) in [5.74, 6) is -1.31. The van der Waals surface area contributed by atoms with Crippen LogP contribution in [0.2, 0.25) is 5.02 Å². The number of rotatable bonds is 5. The first-order valence-corrected chi connectivity index (χ1v) is 10.5. The molecule has 0 saturated heterocycles. The molecule has 3 rings (SSSR count). The van der Waals surface area contributed by atoms with Gasteiger partial charge in [-0.2, -0.15) is 9.71 Å². The Morgan fingerprint density at radius 2 is 1.86 bits per heavy atom. The second kappa shape index (κ2) is 8.70. The molecule has 0 radical (unpaired) electrons. The van der Waals surface area contributed by atoms with Crippen LogP contribution in [0.4, 0.5) is 5.82 Å². The molecule has 1 aliphatic rings. The van der Waals surface area contributed by atoms with Crippen molar-refractivity contribution in [1.82, 2.24) is 9.71 Å². The second-order valence-corrected chi connectivity index (χ2v) is 8.82. The van der Waals surface area contributed by atoms with Gasteiger partial charge in [0.1, 0.15) is 5.54 Å².